The van der Waals surface area contributed by atoms with Crippen LogP contribution in [0.2, 0.25) is 0 Å². The molecule has 0 saturated heterocycles. The van der Waals surface area contributed by atoms with Crippen LogP contribution in [0.5, 0.6) is 0 Å². The standard InChI is InChI=1S/C12H10N2O/c13-8-12(9-4-2-1-3-5-9)10-6-11(7-10)14-15/h1-5,15H,6-7H2. The summed E-state index contributed by atoms with van der Waals surface area (Å²) in [4.78, 5) is 0. The Morgan fingerprint density at radius 1 is 1.27 bits per heavy atom. The molecule has 0 bridgehead atoms. The van der Waals surface area contributed by atoms with E-state index in [1.165, 1.54) is 0 Å². The fourth-order valence-electron chi connectivity index (χ4n) is 1.64. The molecule has 74 valence electrons. The van der Waals surface area contributed by atoms with E-state index in [1.807, 2.05) is 30.3 Å². The fraction of sp³-hybridized carbons (Fsp3) is 0.167. The van der Waals surface area contributed by atoms with Crippen LogP contribution in [0.1, 0.15) is 18.4 Å². The van der Waals surface area contributed by atoms with Crippen molar-refractivity contribution in [2.24, 2.45) is 5.16 Å². The number of hydrogen-bond acceptors (Lipinski definition) is 3. The van der Waals surface area contributed by atoms with Crippen molar-refractivity contribution in [3.8, 4) is 6.07 Å². The van der Waals surface area contributed by atoms with Gasteiger partial charge in [0.05, 0.1) is 17.4 Å². The maximum absolute atomic E-state index is 9.06. The lowest BCUT2D eigenvalue weighted by Crippen LogP contribution is -2.15. The average molecular weight is 198 g/mol. The molecule has 1 fully saturated rings. The summed E-state index contributed by atoms with van der Waals surface area (Å²) in [5, 5.41) is 20.7. The second-order valence-corrected chi connectivity index (χ2v) is 3.48. The summed E-state index contributed by atoms with van der Waals surface area (Å²) in [7, 11) is 0. The van der Waals surface area contributed by atoms with Crippen LogP contribution in [0.4, 0.5) is 0 Å². The molecule has 3 nitrogen and oxygen atoms in total. The molecule has 0 amide bonds. The molecular weight excluding hydrogens is 188 g/mol. The largest absolute Gasteiger partial charge is 0.411 e. The monoisotopic (exact) mass is 198 g/mol. The van der Waals surface area contributed by atoms with Gasteiger partial charge in [0.25, 0.3) is 0 Å². The maximum atomic E-state index is 9.06. The Bertz CT molecular complexity index is 456. The minimum atomic E-state index is 0.619. The van der Waals surface area contributed by atoms with E-state index < -0.39 is 0 Å². The van der Waals surface area contributed by atoms with Crippen LogP contribution in [0.15, 0.2) is 41.1 Å². The quantitative estimate of drug-likeness (QED) is 0.428. The molecule has 1 aromatic carbocycles. The van der Waals surface area contributed by atoms with Gasteiger partial charge in [-0.1, -0.05) is 35.5 Å². The second kappa shape index (κ2) is 3.97. The van der Waals surface area contributed by atoms with E-state index in [1.54, 1.807) is 0 Å². The molecule has 0 aromatic heterocycles. The van der Waals surface area contributed by atoms with Crippen LogP contribution in [0, 0.1) is 11.3 Å². The zero-order chi connectivity index (χ0) is 10.7. The molecule has 0 atom stereocenters. The highest BCUT2D eigenvalue weighted by molar-refractivity contribution is 6.01. The predicted octanol–water partition coefficient (Wildman–Crippen LogP) is 2.59. The van der Waals surface area contributed by atoms with Crippen LogP contribution in [-0.4, -0.2) is 10.9 Å². The van der Waals surface area contributed by atoms with Crippen molar-refractivity contribution in [2.45, 2.75) is 12.8 Å². The van der Waals surface area contributed by atoms with Gasteiger partial charge in [-0.15, -0.1) is 0 Å². The third kappa shape index (κ3) is 1.75. The number of rotatable bonds is 1. The third-order valence-electron chi connectivity index (χ3n) is 2.50. The SMILES string of the molecule is N#CC(=C1CC(=NO)C1)c1ccccc1. The summed E-state index contributed by atoms with van der Waals surface area (Å²) in [6.45, 7) is 0. The van der Waals surface area contributed by atoms with Crippen molar-refractivity contribution in [1.29, 1.82) is 5.26 Å². The van der Waals surface area contributed by atoms with Crippen molar-refractivity contribution in [3.63, 3.8) is 0 Å². The molecule has 0 aliphatic heterocycles. The van der Waals surface area contributed by atoms with Crippen LogP contribution in [-0.2, 0) is 0 Å². The Morgan fingerprint density at radius 3 is 2.47 bits per heavy atom. The molecule has 1 saturated carbocycles. The minimum absolute atomic E-state index is 0.619. The highest BCUT2D eigenvalue weighted by Crippen LogP contribution is 2.31. The lowest BCUT2D eigenvalue weighted by molar-refractivity contribution is 0.315. The highest BCUT2D eigenvalue weighted by Gasteiger charge is 2.22. The lowest BCUT2D eigenvalue weighted by Gasteiger charge is -2.20. The number of hydrogen-bond donors (Lipinski definition) is 1. The smallest absolute Gasteiger partial charge is 0.0997 e. The minimum Gasteiger partial charge on any atom is -0.411 e. The van der Waals surface area contributed by atoms with Gasteiger partial charge in [0, 0.05) is 12.8 Å². The van der Waals surface area contributed by atoms with Gasteiger partial charge in [-0.05, 0) is 11.1 Å². The second-order valence-electron chi connectivity index (χ2n) is 3.48. The number of oxime groups is 1. The van der Waals surface area contributed by atoms with E-state index in [9.17, 15) is 0 Å². The number of nitriles is 1. The normalized spacial score (nSPS) is 14.1. The van der Waals surface area contributed by atoms with Crippen molar-refractivity contribution in [3.05, 3.63) is 41.5 Å². The Hall–Kier alpha value is -2.08. The molecule has 1 aromatic rings. The molecule has 0 heterocycles. The summed E-state index contributed by atoms with van der Waals surface area (Å²) in [6.07, 6.45) is 1.24. The van der Waals surface area contributed by atoms with Gasteiger partial charge in [0.1, 0.15) is 0 Å². The summed E-state index contributed by atoms with van der Waals surface area (Å²) in [5.74, 6) is 0. The van der Waals surface area contributed by atoms with Crippen molar-refractivity contribution >= 4 is 11.3 Å². The first-order valence-electron chi connectivity index (χ1n) is 4.72. The number of allylic oxidation sites excluding steroid dienone is 2. The summed E-state index contributed by atoms with van der Waals surface area (Å²) in [5.41, 5.74) is 3.44. The average Bonchev–Trinajstić information content (AvgIpc) is 2.24. The van der Waals surface area contributed by atoms with Crippen molar-refractivity contribution < 1.29 is 5.21 Å². The van der Waals surface area contributed by atoms with E-state index in [0.29, 0.717) is 18.4 Å². The zero-order valence-corrected chi connectivity index (χ0v) is 8.14. The zero-order valence-electron chi connectivity index (χ0n) is 8.14. The van der Waals surface area contributed by atoms with Crippen LogP contribution in [0.25, 0.3) is 5.57 Å². The topological polar surface area (TPSA) is 56.4 Å². The lowest BCUT2D eigenvalue weighted by atomic mass is 9.84. The first-order valence-corrected chi connectivity index (χ1v) is 4.72. The molecule has 1 aliphatic carbocycles. The molecule has 0 unspecified atom stereocenters. The first-order chi connectivity index (χ1) is 7.35. The summed E-state index contributed by atoms with van der Waals surface area (Å²) in [6, 6.07) is 11.8. The van der Waals surface area contributed by atoms with E-state index in [2.05, 4.69) is 11.2 Å². The Morgan fingerprint density at radius 2 is 1.93 bits per heavy atom. The Labute approximate surface area is 88.0 Å². The highest BCUT2D eigenvalue weighted by atomic mass is 16.4. The molecule has 0 spiro atoms. The van der Waals surface area contributed by atoms with Gasteiger partial charge in [-0.3, -0.25) is 0 Å². The van der Waals surface area contributed by atoms with Gasteiger partial charge in [-0.2, -0.15) is 5.26 Å². The third-order valence-corrected chi connectivity index (χ3v) is 2.50. The van der Waals surface area contributed by atoms with E-state index in [4.69, 9.17) is 10.5 Å². The Balaban J connectivity index is 2.32. The van der Waals surface area contributed by atoms with Gasteiger partial charge in [0.2, 0.25) is 0 Å². The summed E-state index contributed by atoms with van der Waals surface area (Å²) >= 11 is 0. The van der Waals surface area contributed by atoms with Gasteiger partial charge in [-0.25, -0.2) is 0 Å². The fourth-order valence-corrected chi connectivity index (χ4v) is 1.64. The van der Waals surface area contributed by atoms with E-state index in [0.717, 1.165) is 16.8 Å². The van der Waals surface area contributed by atoms with Crippen LogP contribution in [0.3, 0.4) is 0 Å². The molecule has 15 heavy (non-hydrogen) atoms. The molecular formula is C12H10N2O. The maximum Gasteiger partial charge on any atom is 0.0997 e. The van der Waals surface area contributed by atoms with Crippen molar-refractivity contribution in [2.75, 3.05) is 0 Å². The number of benzene rings is 1. The van der Waals surface area contributed by atoms with E-state index >= 15 is 0 Å². The Kier molecular flexibility index (Phi) is 2.51. The van der Waals surface area contributed by atoms with Crippen LogP contribution >= 0.6 is 0 Å². The van der Waals surface area contributed by atoms with Gasteiger partial charge < -0.3 is 5.21 Å². The van der Waals surface area contributed by atoms with Crippen molar-refractivity contribution in [1.82, 2.24) is 0 Å². The molecule has 0 radical (unpaired) electrons. The van der Waals surface area contributed by atoms with Gasteiger partial charge in [0.15, 0.2) is 0 Å². The molecule has 3 heteroatoms. The van der Waals surface area contributed by atoms with Gasteiger partial charge >= 0.3 is 0 Å². The predicted molar refractivity (Wildman–Crippen MR) is 57.4 cm³/mol. The molecule has 2 rings (SSSR count). The summed E-state index contributed by atoms with van der Waals surface area (Å²) < 4.78 is 0. The van der Waals surface area contributed by atoms with E-state index in [-0.39, 0.29) is 0 Å². The first kappa shape index (κ1) is 9.47. The van der Waals surface area contributed by atoms with Crippen LogP contribution < -0.4 is 0 Å². The molecule has 1 aliphatic rings. The number of nitrogens with zero attached hydrogens (tertiary/aromatic N) is 2. The molecule has 1 N–H and O–H groups in total.